The number of benzene rings is 1. The number of nitrogens with zero attached hydrogens (tertiary/aromatic N) is 6. The van der Waals surface area contributed by atoms with E-state index in [2.05, 4.69) is 50.5 Å². The lowest BCUT2D eigenvalue weighted by Gasteiger charge is -2.36. The van der Waals surface area contributed by atoms with Gasteiger partial charge in [-0.3, -0.25) is 0 Å². The van der Waals surface area contributed by atoms with E-state index in [0.717, 1.165) is 59.2 Å². The van der Waals surface area contributed by atoms with Crippen LogP contribution in [0.5, 0.6) is 0 Å². The number of methoxy groups -OCH3 is 1. The summed E-state index contributed by atoms with van der Waals surface area (Å²) in [6.07, 6.45) is 1.74. The van der Waals surface area contributed by atoms with E-state index >= 15 is 0 Å². The van der Waals surface area contributed by atoms with E-state index in [4.69, 9.17) is 14.7 Å². The second-order valence-corrected chi connectivity index (χ2v) is 8.41. The zero-order valence-electron chi connectivity index (χ0n) is 17.7. The van der Waals surface area contributed by atoms with Gasteiger partial charge in [0.25, 0.3) is 0 Å². The van der Waals surface area contributed by atoms with Crippen molar-refractivity contribution in [1.82, 2.24) is 15.0 Å². The number of fused-ring (bicyclic) bond motifs is 1. The molecule has 1 aliphatic rings. The highest BCUT2D eigenvalue weighted by molar-refractivity contribution is 7.17. The maximum Gasteiger partial charge on any atom is 0.158 e. The van der Waals surface area contributed by atoms with Crippen molar-refractivity contribution in [3.8, 4) is 17.2 Å². The van der Waals surface area contributed by atoms with E-state index in [9.17, 15) is 5.26 Å². The lowest BCUT2D eigenvalue weighted by Crippen LogP contribution is -2.47. The summed E-state index contributed by atoms with van der Waals surface area (Å²) in [6.45, 7) is 3.47. The van der Waals surface area contributed by atoms with Gasteiger partial charge in [-0.2, -0.15) is 5.26 Å². The Kier molecular flexibility index (Phi) is 5.67. The van der Waals surface area contributed by atoms with Crippen LogP contribution >= 0.6 is 11.3 Å². The Balaban J connectivity index is 1.51. The van der Waals surface area contributed by atoms with Crippen LogP contribution in [0.1, 0.15) is 11.4 Å². The zero-order chi connectivity index (χ0) is 21.9. The zero-order valence-corrected chi connectivity index (χ0v) is 18.5. The van der Waals surface area contributed by atoms with Crippen LogP contribution in [0.15, 0.2) is 54.0 Å². The van der Waals surface area contributed by atoms with Crippen LogP contribution in [-0.4, -0.2) is 48.2 Å². The van der Waals surface area contributed by atoms with E-state index in [1.165, 1.54) is 0 Å². The third kappa shape index (κ3) is 3.77. The first-order valence-electron chi connectivity index (χ1n) is 10.5. The summed E-state index contributed by atoms with van der Waals surface area (Å²) in [5.74, 6) is 2.39. The molecule has 1 aromatic carbocycles. The van der Waals surface area contributed by atoms with Crippen molar-refractivity contribution in [2.24, 2.45) is 0 Å². The number of thiophene rings is 1. The molecule has 8 heteroatoms. The third-order valence-electron chi connectivity index (χ3n) is 5.60. The predicted octanol–water partition coefficient (Wildman–Crippen LogP) is 4.10. The standard InChI is InChI=1S/C24H22N6OS/c1-31-15-20-27-23(21-19(16-32-24(21)28-20)17-6-3-2-4-7-17)30-12-10-29(11-13-30)22-18(14-25)8-5-9-26-22/h2-9,16H,10-13,15H2,1H3. The molecule has 0 radical (unpaired) electrons. The topological polar surface area (TPSA) is 78.2 Å². The highest BCUT2D eigenvalue weighted by Gasteiger charge is 2.25. The van der Waals surface area contributed by atoms with Crippen molar-refractivity contribution in [3.63, 3.8) is 0 Å². The predicted molar refractivity (Wildman–Crippen MR) is 127 cm³/mol. The van der Waals surface area contributed by atoms with Gasteiger partial charge in [0.2, 0.25) is 0 Å². The fraction of sp³-hybridized carbons (Fsp3) is 0.250. The average molecular weight is 443 g/mol. The number of nitriles is 1. The number of hydrogen-bond donors (Lipinski definition) is 0. The SMILES string of the molecule is COCc1nc(N2CCN(c3ncccc3C#N)CC2)c2c(-c3ccccc3)csc2n1. The molecule has 0 atom stereocenters. The molecular weight excluding hydrogens is 420 g/mol. The minimum absolute atomic E-state index is 0.376. The van der Waals surface area contributed by atoms with Gasteiger partial charge in [-0.25, -0.2) is 15.0 Å². The van der Waals surface area contributed by atoms with E-state index < -0.39 is 0 Å². The second kappa shape index (κ2) is 8.91. The fourth-order valence-electron chi connectivity index (χ4n) is 4.09. The average Bonchev–Trinajstić information content (AvgIpc) is 3.28. The van der Waals surface area contributed by atoms with Gasteiger partial charge in [0, 0.05) is 50.4 Å². The van der Waals surface area contributed by atoms with Crippen molar-refractivity contribution < 1.29 is 4.74 Å². The molecular formula is C24H22N6OS. The lowest BCUT2D eigenvalue weighted by molar-refractivity contribution is 0.178. The van der Waals surface area contributed by atoms with Crippen molar-refractivity contribution in [2.75, 3.05) is 43.1 Å². The van der Waals surface area contributed by atoms with Gasteiger partial charge in [0.05, 0.1) is 10.9 Å². The monoisotopic (exact) mass is 442 g/mol. The van der Waals surface area contributed by atoms with E-state index in [1.807, 2.05) is 12.1 Å². The maximum absolute atomic E-state index is 9.44. The molecule has 3 aromatic heterocycles. The summed E-state index contributed by atoms with van der Waals surface area (Å²) >= 11 is 1.64. The molecule has 1 saturated heterocycles. The highest BCUT2D eigenvalue weighted by Crippen LogP contribution is 2.38. The highest BCUT2D eigenvalue weighted by atomic mass is 32.1. The van der Waals surface area contributed by atoms with Crippen LogP contribution in [0.25, 0.3) is 21.3 Å². The molecule has 0 saturated carbocycles. The molecule has 0 spiro atoms. The number of pyridine rings is 1. The molecule has 4 heterocycles. The van der Waals surface area contributed by atoms with Gasteiger partial charge >= 0.3 is 0 Å². The second-order valence-electron chi connectivity index (χ2n) is 7.55. The number of ether oxygens (including phenoxy) is 1. The number of anilines is 2. The number of rotatable bonds is 5. The van der Waals surface area contributed by atoms with Crippen LogP contribution in [0, 0.1) is 11.3 Å². The van der Waals surface area contributed by atoms with Gasteiger partial charge in [0.1, 0.15) is 29.1 Å². The molecule has 0 amide bonds. The van der Waals surface area contributed by atoms with Gasteiger partial charge < -0.3 is 14.5 Å². The van der Waals surface area contributed by atoms with Crippen molar-refractivity contribution >= 4 is 33.2 Å². The number of piperazine rings is 1. The molecule has 0 aliphatic carbocycles. The Morgan fingerprint density at radius 3 is 2.47 bits per heavy atom. The molecule has 1 fully saturated rings. The minimum atomic E-state index is 0.376. The lowest BCUT2D eigenvalue weighted by atomic mass is 10.1. The van der Waals surface area contributed by atoms with Crippen LogP contribution in [0.3, 0.4) is 0 Å². The molecule has 4 aromatic rings. The smallest absolute Gasteiger partial charge is 0.158 e. The molecule has 1 aliphatic heterocycles. The summed E-state index contributed by atoms with van der Waals surface area (Å²) in [6, 6.07) is 16.2. The Morgan fingerprint density at radius 2 is 1.75 bits per heavy atom. The quantitative estimate of drug-likeness (QED) is 0.460. The molecule has 7 nitrogen and oxygen atoms in total. The first kappa shape index (κ1) is 20.4. The van der Waals surface area contributed by atoms with Crippen molar-refractivity contribution in [3.05, 3.63) is 65.4 Å². The molecule has 0 bridgehead atoms. The Labute approximate surface area is 190 Å². The Bertz CT molecular complexity index is 1270. The van der Waals surface area contributed by atoms with Crippen LogP contribution in [-0.2, 0) is 11.3 Å². The Morgan fingerprint density at radius 1 is 1.00 bits per heavy atom. The van der Waals surface area contributed by atoms with Crippen LogP contribution in [0.4, 0.5) is 11.6 Å². The molecule has 160 valence electrons. The van der Waals surface area contributed by atoms with Gasteiger partial charge in [-0.15, -0.1) is 11.3 Å². The summed E-state index contributed by atoms with van der Waals surface area (Å²) in [7, 11) is 1.66. The largest absolute Gasteiger partial charge is 0.377 e. The van der Waals surface area contributed by atoms with Gasteiger partial charge in [0.15, 0.2) is 5.82 Å². The van der Waals surface area contributed by atoms with Gasteiger partial charge in [-0.05, 0) is 17.7 Å². The molecule has 5 rings (SSSR count). The summed E-state index contributed by atoms with van der Waals surface area (Å²) in [5, 5.41) is 12.7. The molecule has 0 unspecified atom stereocenters. The molecule has 0 N–H and O–H groups in total. The van der Waals surface area contributed by atoms with Crippen LogP contribution < -0.4 is 9.80 Å². The maximum atomic E-state index is 9.44. The summed E-state index contributed by atoms with van der Waals surface area (Å²) in [5.41, 5.74) is 2.93. The fourth-order valence-corrected chi connectivity index (χ4v) is 5.05. The minimum Gasteiger partial charge on any atom is -0.377 e. The first-order valence-corrected chi connectivity index (χ1v) is 11.3. The van der Waals surface area contributed by atoms with Gasteiger partial charge in [-0.1, -0.05) is 30.3 Å². The summed E-state index contributed by atoms with van der Waals surface area (Å²) in [4.78, 5) is 19.6. The Hall–Kier alpha value is -3.54. The normalized spacial score (nSPS) is 14.0. The van der Waals surface area contributed by atoms with E-state index in [-0.39, 0.29) is 0 Å². The summed E-state index contributed by atoms with van der Waals surface area (Å²) < 4.78 is 5.32. The first-order chi connectivity index (χ1) is 15.8. The number of aromatic nitrogens is 3. The van der Waals surface area contributed by atoms with E-state index in [0.29, 0.717) is 18.0 Å². The third-order valence-corrected chi connectivity index (χ3v) is 6.48. The molecule has 32 heavy (non-hydrogen) atoms. The van der Waals surface area contributed by atoms with Crippen molar-refractivity contribution in [1.29, 1.82) is 5.26 Å². The van der Waals surface area contributed by atoms with E-state index in [1.54, 1.807) is 30.7 Å². The number of hydrogen-bond acceptors (Lipinski definition) is 8. The van der Waals surface area contributed by atoms with Crippen molar-refractivity contribution in [2.45, 2.75) is 6.61 Å². The van der Waals surface area contributed by atoms with Crippen LogP contribution in [0.2, 0.25) is 0 Å².